The highest BCUT2D eigenvalue weighted by Gasteiger charge is 2.29. The second kappa shape index (κ2) is 4.30. The van der Waals surface area contributed by atoms with Crippen LogP contribution in [0.2, 0.25) is 0 Å². The van der Waals surface area contributed by atoms with Gasteiger partial charge in [0.25, 0.3) is 4.92 Å². The van der Waals surface area contributed by atoms with Gasteiger partial charge in [-0.15, -0.1) is 0 Å². The summed E-state index contributed by atoms with van der Waals surface area (Å²) in [4.78, 5) is 27.6. The van der Waals surface area contributed by atoms with E-state index < -0.39 is 0 Å². The van der Waals surface area contributed by atoms with E-state index in [-0.39, 0.29) is 11.8 Å². The zero-order chi connectivity index (χ0) is 11.5. The van der Waals surface area contributed by atoms with Crippen molar-refractivity contribution in [3.63, 3.8) is 0 Å². The zero-order valence-electron chi connectivity index (χ0n) is 8.97. The van der Waals surface area contributed by atoms with E-state index in [0.29, 0.717) is 16.3 Å². The van der Waals surface area contributed by atoms with Gasteiger partial charge in [-0.2, -0.15) is 0 Å². The Kier molecular flexibility index (Phi) is 2.85. The van der Waals surface area contributed by atoms with Crippen LogP contribution in [0.5, 0.6) is 0 Å². The number of amides is 1. The molecule has 1 aromatic carbocycles. The molecule has 0 heterocycles. The Bertz CT molecular complexity index is 427. The van der Waals surface area contributed by atoms with Crippen LogP contribution in [0.15, 0.2) is 24.3 Å². The van der Waals surface area contributed by atoms with Gasteiger partial charge in [0.1, 0.15) is 0 Å². The van der Waals surface area contributed by atoms with E-state index >= 15 is 0 Å². The first-order valence-corrected chi connectivity index (χ1v) is 5.13. The van der Waals surface area contributed by atoms with Gasteiger partial charge in [0.05, 0.1) is 4.91 Å². The maximum atomic E-state index is 11.5. The zero-order valence-corrected chi connectivity index (χ0v) is 8.97. The number of nitrogens with zero attached hydrogens (tertiary/aromatic N) is 1. The smallest absolute Gasteiger partial charge is 0.318 e. The lowest BCUT2D eigenvalue weighted by molar-refractivity contribution is -0.736. The Morgan fingerprint density at radius 2 is 2.25 bits per heavy atom. The fraction of sp³-hybridized carbons (Fsp3) is 0.364. The highest BCUT2D eigenvalue weighted by atomic mass is 16.8. The van der Waals surface area contributed by atoms with Crippen molar-refractivity contribution in [1.82, 2.24) is 0 Å². The lowest BCUT2D eigenvalue weighted by Crippen LogP contribution is -2.13. The third kappa shape index (κ3) is 2.36. The van der Waals surface area contributed by atoms with Gasteiger partial charge in [-0.3, -0.25) is 4.79 Å². The lowest BCUT2D eigenvalue weighted by Gasteiger charge is -2.02. The first-order chi connectivity index (χ1) is 7.70. The summed E-state index contributed by atoms with van der Waals surface area (Å²) in [5, 5.41) is 2.76. The molecule has 0 bridgehead atoms. The van der Waals surface area contributed by atoms with Crippen molar-refractivity contribution in [2.45, 2.75) is 12.8 Å². The lowest BCUT2D eigenvalue weighted by atomic mass is 10.2. The van der Waals surface area contributed by atoms with Crippen LogP contribution in [-0.2, 0) is 9.63 Å². The van der Waals surface area contributed by atoms with Gasteiger partial charge in [-0.25, -0.2) is 4.84 Å². The average molecular weight is 221 g/mol. The molecule has 1 saturated carbocycles. The minimum Gasteiger partial charge on any atom is -0.326 e. The molecular weight excluding hydrogens is 208 g/mol. The molecule has 0 radical (unpaired) electrons. The number of nitrogens with one attached hydrogen (secondary N) is 1. The summed E-state index contributed by atoms with van der Waals surface area (Å²) in [5.74, 6) is 0.168. The Morgan fingerprint density at radius 3 is 2.88 bits per heavy atom. The van der Waals surface area contributed by atoms with Gasteiger partial charge in [-0.05, 0) is 18.9 Å². The van der Waals surface area contributed by atoms with E-state index in [2.05, 4.69) is 10.2 Å². The summed E-state index contributed by atoms with van der Waals surface area (Å²) in [6, 6.07) is 6.63. The summed E-state index contributed by atoms with van der Waals surface area (Å²) < 4.78 is 0. The van der Waals surface area contributed by atoms with Crippen LogP contribution in [0.3, 0.4) is 0 Å². The minimum absolute atomic E-state index is 0.0204. The quantitative estimate of drug-likeness (QED) is 0.791. The molecule has 1 aliphatic carbocycles. The molecule has 1 N–H and O–H groups in total. The molecule has 0 spiro atoms. The topological polar surface area (TPSA) is 58.4 Å². The molecule has 1 amide bonds. The summed E-state index contributed by atoms with van der Waals surface area (Å²) in [7, 11) is 1.29. The summed E-state index contributed by atoms with van der Waals surface area (Å²) in [5.41, 5.74) is 0.975. The van der Waals surface area contributed by atoms with Crippen molar-refractivity contribution in [3.05, 3.63) is 29.2 Å². The Morgan fingerprint density at radius 1 is 1.50 bits per heavy atom. The maximum absolute atomic E-state index is 11.5. The molecule has 1 fully saturated rings. The second-order valence-electron chi connectivity index (χ2n) is 3.75. The third-order valence-corrected chi connectivity index (χ3v) is 2.44. The van der Waals surface area contributed by atoms with Crippen LogP contribution in [-0.4, -0.2) is 17.9 Å². The van der Waals surface area contributed by atoms with Crippen molar-refractivity contribution >= 4 is 17.3 Å². The van der Waals surface area contributed by atoms with Crippen LogP contribution >= 0.6 is 0 Å². The van der Waals surface area contributed by atoms with E-state index in [1.165, 1.54) is 7.11 Å². The molecular formula is C11H13N2O3+. The number of hydrogen-bond acceptors (Lipinski definition) is 3. The molecule has 0 aliphatic heterocycles. The van der Waals surface area contributed by atoms with Crippen LogP contribution < -0.4 is 5.32 Å². The molecule has 0 aromatic heterocycles. The Balaban J connectivity index is 2.09. The van der Waals surface area contributed by atoms with Gasteiger partial charge < -0.3 is 5.32 Å². The van der Waals surface area contributed by atoms with E-state index in [1.54, 1.807) is 24.3 Å². The van der Waals surface area contributed by atoms with E-state index in [0.717, 1.165) is 12.8 Å². The second-order valence-corrected chi connectivity index (χ2v) is 3.75. The normalized spacial score (nSPS) is 14.3. The first-order valence-electron chi connectivity index (χ1n) is 5.13. The number of carbonyl (C=O) groups excluding carboxylic acids is 1. The monoisotopic (exact) mass is 221 g/mol. The van der Waals surface area contributed by atoms with Crippen LogP contribution in [0.1, 0.15) is 12.8 Å². The molecule has 16 heavy (non-hydrogen) atoms. The highest BCUT2D eigenvalue weighted by Crippen LogP contribution is 2.30. The van der Waals surface area contributed by atoms with Crippen molar-refractivity contribution in [1.29, 1.82) is 0 Å². The van der Waals surface area contributed by atoms with E-state index in [1.807, 2.05) is 0 Å². The van der Waals surface area contributed by atoms with Gasteiger partial charge in [-0.1, -0.05) is 6.07 Å². The van der Waals surface area contributed by atoms with Gasteiger partial charge in [0, 0.05) is 23.7 Å². The van der Waals surface area contributed by atoms with Gasteiger partial charge >= 0.3 is 5.69 Å². The van der Waals surface area contributed by atoms with Gasteiger partial charge in [0.15, 0.2) is 7.11 Å². The van der Waals surface area contributed by atoms with Crippen LogP contribution in [0, 0.1) is 10.8 Å². The predicted molar refractivity (Wildman–Crippen MR) is 58.1 cm³/mol. The summed E-state index contributed by atoms with van der Waals surface area (Å²) in [6.07, 6.45) is 1.91. The first kappa shape index (κ1) is 10.6. The Labute approximate surface area is 92.9 Å². The Hall–Kier alpha value is -1.91. The fourth-order valence-electron chi connectivity index (χ4n) is 1.39. The van der Waals surface area contributed by atoms with Crippen molar-refractivity contribution in [3.8, 4) is 0 Å². The molecule has 5 heteroatoms. The number of benzene rings is 1. The molecule has 0 unspecified atom stereocenters. The van der Waals surface area contributed by atoms with E-state index in [4.69, 9.17) is 0 Å². The molecule has 1 aliphatic rings. The largest absolute Gasteiger partial charge is 0.326 e. The summed E-state index contributed by atoms with van der Waals surface area (Å²) >= 11 is 0. The van der Waals surface area contributed by atoms with Crippen molar-refractivity contribution in [2.75, 3.05) is 12.4 Å². The standard InChI is InChI=1S/C11H12N2O3/c1-16-13(15)10-4-2-3-9(7-10)12-11(14)8-5-6-8/h2-4,7-8H,5-6H2,1H3/p+1. The predicted octanol–water partition coefficient (Wildman–Crippen LogP) is 2.01. The molecule has 0 atom stereocenters. The van der Waals surface area contributed by atoms with Gasteiger partial charge in [0.2, 0.25) is 5.91 Å². The van der Waals surface area contributed by atoms with E-state index in [9.17, 15) is 9.70 Å². The molecule has 1 aromatic rings. The fourth-order valence-corrected chi connectivity index (χ4v) is 1.39. The van der Waals surface area contributed by atoms with Crippen molar-refractivity contribution in [2.24, 2.45) is 5.92 Å². The maximum Gasteiger partial charge on any atom is 0.318 e. The van der Waals surface area contributed by atoms with Crippen LogP contribution in [0.25, 0.3) is 0 Å². The minimum atomic E-state index is 0.0204. The number of carbonyl (C=O) groups is 1. The molecule has 2 rings (SSSR count). The molecule has 84 valence electrons. The number of hydrogen-bond donors (Lipinski definition) is 1. The molecule has 5 nitrogen and oxygen atoms in total. The molecule has 0 saturated heterocycles. The SMILES string of the molecule is CO[N+](=O)c1cccc(NC(=O)C2CC2)c1. The highest BCUT2D eigenvalue weighted by molar-refractivity contribution is 5.94. The van der Waals surface area contributed by atoms with Crippen molar-refractivity contribution < 1.29 is 14.6 Å². The number of rotatable bonds is 4. The summed E-state index contributed by atoms with van der Waals surface area (Å²) in [6.45, 7) is 0. The third-order valence-electron chi connectivity index (χ3n) is 2.44. The average Bonchev–Trinajstić information content (AvgIpc) is 3.12. The number of anilines is 1. The van der Waals surface area contributed by atoms with Crippen LogP contribution in [0.4, 0.5) is 11.4 Å².